The first-order valence-corrected chi connectivity index (χ1v) is 6.16. The predicted molar refractivity (Wildman–Crippen MR) is 70.8 cm³/mol. The van der Waals surface area contributed by atoms with Gasteiger partial charge in [-0.05, 0) is 32.0 Å². The van der Waals surface area contributed by atoms with Crippen LogP contribution in [0.1, 0.15) is 27.2 Å². The van der Waals surface area contributed by atoms with Gasteiger partial charge in [0.15, 0.2) is 11.5 Å². The number of benzene rings is 1. The lowest BCUT2D eigenvalue weighted by atomic mass is 10.2. The van der Waals surface area contributed by atoms with Crippen LogP contribution in [0.3, 0.4) is 0 Å². The van der Waals surface area contributed by atoms with Gasteiger partial charge in [0.1, 0.15) is 0 Å². The van der Waals surface area contributed by atoms with Gasteiger partial charge < -0.3 is 14.8 Å². The molecular formula is C14H23NO2. The molecule has 3 nitrogen and oxygen atoms in total. The third-order valence-electron chi connectivity index (χ3n) is 2.50. The van der Waals surface area contributed by atoms with Crippen molar-refractivity contribution in [3.05, 3.63) is 24.3 Å². The zero-order chi connectivity index (χ0) is 12.7. The molecule has 0 saturated heterocycles. The van der Waals surface area contributed by atoms with Gasteiger partial charge in [-0.15, -0.1) is 0 Å². The van der Waals surface area contributed by atoms with Crippen molar-refractivity contribution in [1.82, 2.24) is 5.32 Å². The van der Waals surface area contributed by atoms with Crippen LogP contribution in [0.15, 0.2) is 24.3 Å². The van der Waals surface area contributed by atoms with Crippen molar-refractivity contribution >= 4 is 0 Å². The standard InChI is InChI=1S/C14H23NO2/c1-11(2)15-10-9-12(3)17-14-8-6-5-7-13(14)16-4/h5-8,11-12,15H,9-10H2,1-4H3. The van der Waals surface area contributed by atoms with Gasteiger partial charge in [0.25, 0.3) is 0 Å². The molecule has 0 aliphatic rings. The third kappa shape index (κ3) is 5.09. The molecule has 0 aliphatic heterocycles. The van der Waals surface area contributed by atoms with Gasteiger partial charge in [-0.25, -0.2) is 0 Å². The Morgan fingerprint density at radius 3 is 2.35 bits per heavy atom. The van der Waals surface area contributed by atoms with E-state index in [1.807, 2.05) is 24.3 Å². The van der Waals surface area contributed by atoms with Crippen LogP contribution in [0.2, 0.25) is 0 Å². The first-order chi connectivity index (χ1) is 8.13. The molecule has 0 aromatic heterocycles. The van der Waals surface area contributed by atoms with Crippen molar-refractivity contribution in [2.24, 2.45) is 0 Å². The van der Waals surface area contributed by atoms with E-state index in [9.17, 15) is 0 Å². The van der Waals surface area contributed by atoms with E-state index >= 15 is 0 Å². The molecule has 3 heteroatoms. The second kappa shape index (κ2) is 7.17. The topological polar surface area (TPSA) is 30.5 Å². The molecule has 0 spiro atoms. The minimum atomic E-state index is 0.178. The van der Waals surface area contributed by atoms with E-state index in [1.54, 1.807) is 7.11 Å². The highest BCUT2D eigenvalue weighted by molar-refractivity contribution is 5.39. The summed E-state index contributed by atoms with van der Waals surface area (Å²) in [5.41, 5.74) is 0. The molecule has 1 aromatic rings. The summed E-state index contributed by atoms with van der Waals surface area (Å²) in [5.74, 6) is 1.60. The fourth-order valence-corrected chi connectivity index (χ4v) is 1.57. The van der Waals surface area contributed by atoms with Crippen molar-refractivity contribution in [2.75, 3.05) is 13.7 Å². The molecule has 0 radical (unpaired) electrons. The number of methoxy groups -OCH3 is 1. The van der Waals surface area contributed by atoms with E-state index in [2.05, 4.69) is 26.1 Å². The summed E-state index contributed by atoms with van der Waals surface area (Å²) >= 11 is 0. The van der Waals surface area contributed by atoms with E-state index in [1.165, 1.54) is 0 Å². The molecule has 1 N–H and O–H groups in total. The molecule has 1 rings (SSSR count). The Balaban J connectivity index is 2.41. The Morgan fingerprint density at radius 1 is 1.12 bits per heavy atom. The second-order valence-corrected chi connectivity index (χ2v) is 4.48. The quantitative estimate of drug-likeness (QED) is 0.791. The normalized spacial score (nSPS) is 12.5. The van der Waals surface area contributed by atoms with Crippen LogP contribution in [-0.2, 0) is 0 Å². The third-order valence-corrected chi connectivity index (χ3v) is 2.50. The summed E-state index contributed by atoms with van der Waals surface area (Å²) in [5, 5.41) is 3.38. The summed E-state index contributed by atoms with van der Waals surface area (Å²) in [7, 11) is 1.66. The van der Waals surface area contributed by atoms with Gasteiger partial charge in [0, 0.05) is 6.04 Å². The Labute approximate surface area is 104 Å². The molecular weight excluding hydrogens is 214 g/mol. The Hall–Kier alpha value is -1.22. The molecule has 0 amide bonds. The van der Waals surface area contributed by atoms with Crippen molar-refractivity contribution in [3.63, 3.8) is 0 Å². The lowest BCUT2D eigenvalue weighted by Crippen LogP contribution is -2.27. The highest BCUT2D eigenvalue weighted by Gasteiger charge is 2.08. The van der Waals surface area contributed by atoms with E-state index < -0.39 is 0 Å². The van der Waals surface area contributed by atoms with Gasteiger partial charge >= 0.3 is 0 Å². The van der Waals surface area contributed by atoms with Crippen molar-refractivity contribution in [3.8, 4) is 11.5 Å². The van der Waals surface area contributed by atoms with Crippen LogP contribution in [0, 0.1) is 0 Å². The Kier molecular flexibility index (Phi) is 5.84. The Bertz CT molecular complexity index is 326. The monoisotopic (exact) mass is 237 g/mol. The van der Waals surface area contributed by atoms with Crippen LogP contribution in [-0.4, -0.2) is 25.8 Å². The minimum Gasteiger partial charge on any atom is -0.493 e. The number of ether oxygens (including phenoxy) is 2. The zero-order valence-corrected chi connectivity index (χ0v) is 11.2. The average molecular weight is 237 g/mol. The maximum absolute atomic E-state index is 5.85. The minimum absolute atomic E-state index is 0.178. The maximum atomic E-state index is 5.85. The molecule has 1 atom stereocenters. The number of nitrogens with one attached hydrogen (secondary N) is 1. The van der Waals surface area contributed by atoms with Crippen molar-refractivity contribution in [1.29, 1.82) is 0 Å². The highest BCUT2D eigenvalue weighted by atomic mass is 16.5. The van der Waals surface area contributed by atoms with E-state index in [0.29, 0.717) is 6.04 Å². The van der Waals surface area contributed by atoms with Crippen molar-refractivity contribution in [2.45, 2.75) is 39.3 Å². The average Bonchev–Trinajstić information content (AvgIpc) is 2.29. The van der Waals surface area contributed by atoms with Gasteiger partial charge in [-0.1, -0.05) is 26.0 Å². The lowest BCUT2D eigenvalue weighted by Gasteiger charge is -2.17. The lowest BCUT2D eigenvalue weighted by molar-refractivity contribution is 0.200. The first-order valence-electron chi connectivity index (χ1n) is 6.16. The van der Waals surface area contributed by atoms with Gasteiger partial charge in [-0.3, -0.25) is 0 Å². The Morgan fingerprint density at radius 2 is 1.76 bits per heavy atom. The molecule has 0 fully saturated rings. The van der Waals surface area contributed by atoms with Gasteiger partial charge in [0.2, 0.25) is 0 Å². The fraction of sp³-hybridized carbons (Fsp3) is 0.571. The molecule has 0 saturated carbocycles. The second-order valence-electron chi connectivity index (χ2n) is 4.48. The summed E-state index contributed by atoms with van der Waals surface area (Å²) in [4.78, 5) is 0. The fourth-order valence-electron chi connectivity index (χ4n) is 1.57. The number of rotatable bonds is 7. The highest BCUT2D eigenvalue weighted by Crippen LogP contribution is 2.27. The van der Waals surface area contributed by atoms with Crippen LogP contribution in [0.25, 0.3) is 0 Å². The van der Waals surface area contributed by atoms with Crippen LogP contribution >= 0.6 is 0 Å². The van der Waals surface area contributed by atoms with Crippen LogP contribution in [0.4, 0.5) is 0 Å². The number of hydrogen-bond acceptors (Lipinski definition) is 3. The number of para-hydroxylation sites is 2. The van der Waals surface area contributed by atoms with E-state index in [-0.39, 0.29) is 6.10 Å². The van der Waals surface area contributed by atoms with Crippen LogP contribution in [0.5, 0.6) is 11.5 Å². The van der Waals surface area contributed by atoms with Gasteiger partial charge in [0.05, 0.1) is 13.2 Å². The van der Waals surface area contributed by atoms with Crippen LogP contribution < -0.4 is 14.8 Å². The number of hydrogen-bond donors (Lipinski definition) is 1. The molecule has 1 aromatic carbocycles. The SMILES string of the molecule is COc1ccccc1OC(C)CCNC(C)C. The van der Waals surface area contributed by atoms with E-state index in [4.69, 9.17) is 9.47 Å². The van der Waals surface area contributed by atoms with Gasteiger partial charge in [-0.2, -0.15) is 0 Å². The molecule has 0 bridgehead atoms. The molecule has 1 unspecified atom stereocenters. The van der Waals surface area contributed by atoms with Crippen molar-refractivity contribution < 1.29 is 9.47 Å². The summed E-state index contributed by atoms with van der Waals surface area (Å²) in [6.45, 7) is 7.33. The first kappa shape index (κ1) is 13.8. The molecule has 17 heavy (non-hydrogen) atoms. The molecule has 0 aliphatic carbocycles. The molecule has 96 valence electrons. The summed E-state index contributed by atoms with van der Waals surface area (Å²) < 4.78 is 11.1. The predicted octanol–water partition coefficient (Wildman–Crippen LogP) is 2.85. The largest absolute Gasteiger partial charge is 0.493 e. The smallest absolute Gasteiger partial charge is 0.161 e. The maximum Gasteiger partial charge on any atom is 0.161 e. The molecule has 0 heterocycles. The zero-order valence-electron chi connectivity index (χ0n) is 11.2. The summed E-state index contributed by atoms with van der Waals surface area (Å²) in [6.07, 6.45) is 1.16. The summed E-state index contributed by atoms with van der Waals surface area (Å²) in [6, 6.07) is 8.27. The van der Waals surface area contributed by atoms with E-state index in [0.717, 1.165) is 24.5 Å².